The maximum Gasteiger partial charge on any atom is 0.256 e. The van der Waals surface area contributed by atoms with E-state index in [0.29, 0.717) is 23.7 Å². The number of nitrogens with one attached hydrogen (secondary N) is 3. The van der Waals surface area contributed by atoms with Crippen molar-refractivity contribution in [1.29, 1.82) is 5.26 Å². The zero-order valence-corrected chi connectivity index (χ0v) is 14.1. The molecule has 2 aromatic rings. The normalized spacial score (nSPS) is 15.5. The molecule has 0 spiro atoms. The summed E-state index contributed by atoms with van der Waals surface area (Å²) >= 11 is 0. The molecular weight excluding hydrogens is 332 g/mol. The molecule has 0 saturated heterocycles. The van der Waals surface area contributed by atoms with Crippen molar-refractivity contribution in [2.75, 3.05) is 12.3 Å². The lowest BCUT2D eigenvalue weighted by Gasteiger charge is -2.13. The van der Waals surface area contributed by atoms with Crippen LogP contribution in [0.2, 0.25) is 0 Å². The third-order valence-corrected chi connectivity index (χ3v) is 3.73. The number of benzene rings is 1. The molecule has 3 rings (SSSR count). The third kappa shape index (κ3) is 3.58. The molecule has 1 aliphatic rings. The first-order valence-electron chi connectivity index (χ1n) is 8.05. The minimum Gasteiger partial charge on any atom is -0.477 e. The van der Waals surface area contributed by atoms with Crippen molar-refractivity contribution in [3.05, 3.63) is 65.1 Å². The van der Waals surface area contributed by atoms with E-state index in [1.807, 2.05) is 12.1 Å². The van der Waals surface area contributed by atoms with Gasteiger partial charge in [0.2, 0.25) is 5.88 Å². The van der Waals surface area contributed by atoms with E-state index in [-0.39, 0.29) is 29.1 Å². The number of hydrogen-bond acceptors (Lipinski definition) is 7. The minimum atomic E-state index is -0.338. The van der Waals surface area contributed by atoms with E-state index in [1.165, 1.54) is 0 Å². The number of hydrazine groups is 1. The number of aromatic nitrogens is 1. The Labute approximate surface area is 150 Å². The minimum absolute atomic E-state index is 0.196. The predicted molar refractivity (Wildman–Crippen MR) is 95.5 cm³/mol. The molecule has 132 valence electrons. The Morgan fingerprint density at radius 1 is 1.42 bits per heavy atom. The van der Waals surface area contributed by atoms with Gasteiger partial charge in [-0.1, -0.05) is 18.2 Å². The molecule has 26 heavy (non-hydrogen) atoms. The van der Waals surface area contributed by atoms with Gasteiger partial charge in [-0.2, -0.15) is 5.26 Å². The number of nitriles is 1. The van der Waals surface area contributed by atoms with Crippen LogP contribution in [0.25, 0.3) is 0 Å². The molecule has 0 fully saturated rings. The molecule has 1 aliphatic heterocycles. The topological polar surface area (TPSA) is 125 Å². The third-order valence-electron chi connectivity index (χ3n) is 3.73. The van der Waals surface area contributed by atoms with Crippen LogP contribution in [0.5, 0.6) is 5.88 Å². The number of nitrogens with two attached hydrogens (primary N) is 1. The lowest BCUT2D eigenvalue weighted by atomic mass is 10.1. The number of nitrogen functional groups attached to an aromatic ring is 1. The lowest BCUT2D eigenvalue weighted by molar-refractivity contribution is 0.0963. The van der Waals surface area contributed by atoms with Gasteiger partial charge in [0.25, 0.3) is 5.91 Å². The van der Waals surface area contributed by atoms with Crippen molar-refractivity contribution in [1.82, 2.24) is 21.2 Å². The molecule has 1 aromatic heterocycles. The Morgan fingerprint density at radius 2 is 2.19 bits per heavy atom. The van der Waals surface area contributed by atoms with E-state index in [1.54, 1.807) is 43.3 Å². The van der Waals surface area contributed by atoms with Gasteiger partial charge in [-0.25, -0.2) is 10.4 Å². The maximum atomic E-state index is 12.2. The van der Waals surface area contributed by atoms with Gasteiger partial charge in [0.15, 0.2) is 0 Å². The van der Waals surface area contributed by atoms with Gasteiger partial charge in [0.1, 0.15) is 17.5 Å². The van der Waals surface area contributed by atoms with Crippen LogP contribution >= 0.6 is 0 Å². The van der Waals surface area contributed by atoms with E-state index in [4.69, 9.17) is 10.5 Å². The van der Waals surface area contributed by atoms with Crippen LogP contribution in [0.4, 0.5) is 5.69 Å². The Kier molecular flexibility index (Phi) is 5.01. The molecule has 8 nitrogen and oxygen atoms in total. The number of nitrogens with zero attached hydrogens (tertiary/aromatic N) is 2. The van der Waals surface area contributed by atoms with Gasteiger partial charge in [0.05, 0.1) is 24.0 Å². The molecule has 0 radical (unpaired) electrons. The smallest absolute Gasteiger partial charge is 0.256 e. The molecule has 8 heteroatoms. The van der Waals surface area contributed by atoms with Gasteiger partial charge in [-0.15, -0.1) is 0 Å². The first kappa shape index (κ1) is 17.3. The monoisotopic (exact) mass is 350 g/mol. The van der Waals surface area contributed by atoms with Crippen LogP contribution in [0.3, 0.4) is 0 Å². The number of rotatable bonds is 5. The van der Waals surface area contributed by atoms with Crippen LogP contribution < -0.4 is 26.6 Å². The van der Waals surface area contributed by atoms with Crippen LogP contribution in [0, 0.1) is 11.3 Å². The van der Waals surface area contributed by atoms with Gasteiger partial charge >= 0.3 is 0 Å². The number of anilines is 1. The molecule has 0 bridgehead atoms. The molecule has 1 atom stereocenters. The fourth-order valence-electron chi connectivity index (χ4n) is 2.50. The summed E-state index contributed by atoms with van der Waals surface area (Å²) in [5, 5.41) is 12.0. The standard InChI is InChI=1S/C18H18N6O2/c1-2-26-18-12(10-19)13(20)8-14(21-18)15-9-16(24-23-15)22-17(25)11-6-4-3-5-7-11/h3-9,15,23-24H,2H2,1H3,(H2,20,21)(H,22,25). The molecular formula is C18H18N6O2. The Balaban J connectivity index is 1.79. The van der Waals surface area contributed by atoms with E-state index in [9.17, 15) is 10.1 Å². The Morgan fingerprint density at radius 3 is 2.88 bits per heavy atom. The summed E-state index contributed by atoms with van der Waals surface area (Å²) in [5.74, 6) is 0.475. The number of hydrogen-bond donors (Lipinski definition) is 4. The fourth-order valence-corrected chi connectivity index (χ4v) is 2.50. The van der Waals surface area contributed by atoms with Crippen molar-refractivity contribution in [3.8, 4) is 11.9 Å². The van der Waals surface area contributed by atoms with Crippen LogP contribution in [0.15, 0.2) is 48.3 Å². The van der Waals surface area contributed by atoms with Crippen molar-refractivity contribution in [3.63, 3.8) is 0 Å². The molecule has 0 aliphatic carbocycles. The summed E-state index contributed by atoms with van der Waals surface area (Å²) in [5.41, 5.74) is 13.5. The number of carbonyl (C=O) groups is 1. The highest BCUT2D eigenvalue weighted by molar-refractivity contribution is 5.95. The van der Waals surface area contributed by atoms with E-state index in [2.05, 4.69) is 21.2 Å². The lowest BCUT2D eigenvalue weighted by Crippen LogP contribution is -2.34. The van der Waals surface area contributed by atoms with E-state index in [0.717, 1.165) is 0 Å². The summed E-state index contributed by atoms with van der Waals surface area (Å²) in [4.78, 5) is 16.6. The zero-order valence-electron chi connectivity index (χ0n) is 14.1. The van der Waals surface area contributed by atoms with Crippen LogP contribution in [-0.4, -0.2) is 17.5 Å². The Hall–Kier alpha value is -3.57. The van der Waals surface area contributed by atoms with Crippen molar-refractivity contribution >= 4 is 11.6 Å². The van der Waals surface area contributed by atoms with Gasteiger partial charge < -0.3 is 21.2 Å². The summed E-state index contributed by atoms with van der Waals surface area (Å²) in [6, 6.07) is 12.2. The van der Waals surface area contributed by atoms with Crippen molar-refractivity contribution in [2.45, 2.75) is 13.0 Å². The van der Waals surface area contributed by atoms with Gasteiger partial charge in [0, 0.05) is 5.56 Å². The highest BCUT2D eigenvalue weighted by Gasteiger charge is 2.22. The largest absolute Gasteiger partial charge is 0.477 e. The highest BCUT2D eigenvalue weighted by Crippen LogP contribution is 2.27. The summed E-state index contributed by atoms with van der Waals surface area (Å²) in [6.45, 7) is 2.17. The van der Waals surface area contributed by atoms with Crippen LogP contribution in [-0.2, 0) is 0 Å². The second-order valence-corrected chi connectivity index (χ2v) is 5.51. The average molecular weight is 350 g/mol. The second kappa shape index (κ2) is 7.55. The summed E-state index contributed by atoms with van der Waals surface area (Å²) in [6.07, 6.45) is 1.77. The fraction of sp³-hybridized carbons (Fsp3) is 0.167. The quantitative estimate of drug-likeness (QED) is 0.641. The number of amides is 1. The zero-order chi connectivity index (χ0) is 18.5. The average Bonchev–Trinajstić information content (AvgIpc) is 3.11. The molecule has 1 amide bonds. The van der Waals surface area contributed by atoms with E-state index < -0.39 is 0 Å². The van der Waals surface area contributed by atoms with E-state index >= 15 is 0 Å². The number of pyridine rings is 1. The Bertz CT molecular complexity index is 889. The molecule has 0 saturated carbocycles. The maximum absolute atomic E-state index is 12.2. The van der Waals surface area contributed by atoms with Gasteiger partial charge in [-0.3, -0.25) is 4.79 Å². The highest BCUT2D eigenvalue weighted by atomic mass is 16.5. The summed E-state index contributed by atoms with van der Waals surface area (Å²) < 4.78 is 5.41. The molecule has 5 N–H and O–H groups in total. The molecule has 2 heterocycles. The van der Waals surface area contributed by atoms with Crippen LogP contribution in [0.1, 0.15) is 34.6 Å². The first-order valence-corrected chi connectivity index (χ1v) is 8.05. The SMILES string of the molecule is CCOc1nc(C2C=C(NC(=O)c3ccccc3)NN2)cc(N)c1C#N. The predicted octanol–water partition coefficient (Wildman–Crippen LogP) is 1.35. The molecule has 1 aromatic carbocycles. The van der Waals surface area contributed by atoms with Crippen molar-refractivity contribution in [2.24, 2.45) is 0 Å². The van der Waals surface area contributed by atoms with Gasteiger partial charge in [-0.05, 0) is 31.2 Å². The summed E-state index contributed by atoms with van der Waals surface area (Å²) in [7, 11) is 0. The number of carbonyl (C=O) groups excluding carboxylic acids is 1. The molecule has 1 unspecified atom stereocenters. The van der Waals surface area contributed by atoms with Crippen molar-refractivity contribution < 1.29 is 9.53 Å². The number of ether oxygens (including phenoxy) is 1. The second-order valence-electron chi connectivity index (χ2n) is 5.51. The first-order chi connectivity index (χ1) is 12.6.